The molecule has 140 valence electrons. The van der Waals surface area contributed by atoms with E-state index >= 15 is 0 Å². The van der Waals surface area contributed by atoms with Gasteiger partial charge in [0, 0.05) is 23.1 Å². The highest BCUT2D eigenvalue weighted by Gasteiger charge is 2.17. The molecule has 0 bridgehead atoms. The van der Waals surface area contributed by atoms with Gasteiger partial charge in [-0.3, -0.25) is 4.79 Å². The van der Waals surface area contributed by atoms with Crippen LogP contribution in [0.3, 0.4) is 0 Å². The number of methoxy groups -OCH3 is 2. The molecule has 0 radical (unpaired) electrons. The average molecular weight is 365 g/mol. The Morgan fingerprint density at radius 3 is 2.70 bits per heavy atom. The number of rotatable bonds is 6. The molecule has 1 N–H and O–H groups in total. The van der Waals surface area contributed by atoms with Crippen molar-refractivity contribution < 1.29 is 18.7 Å². The Balaban J connectivity index is 1.47. The number of fused-ring (bicyclic) bond motifs is 2. The maximum atomic E-state index is 12.5. The third-order valence-corrected chi connectivity index (χ3v) is 5.18. The number of hydrogen-bond donors (Lipinski definition) is 1. The topological polar surface area (TPSA) is 60.7 Å². The van der Waals surface area contributed by atoms with E-state index in [-0.39, 0.29) is 12.3 Å². The Bertz CT molecular complexity index is 989. The SMILES string of the molecule is COc1cccc(CNC(=O)Cc2coc3cc4c(cc23)CCC4)c1OC. The maximum Gasteiger partial charge on any atom is 0.224 e. The summed E-state index contributed by atoms with van der Waals surface area (Å²) in [7, 11) is 3.19. The number of para-hydroxylation sites is 1. The van der Waals surface area contributed by atoms with Crippen molar-refractivity contribution in [1.29, 1.82) is 0 Å². The van der Waals surface area contributed by atoms with Gasteiger partial charge in [0.1, 0.15) is 5.58 Å². The van der Waals surface area contributed by atoms with Crippen molar-refractivity contribution in [3.63, 3.8) is 0 Å². The molecule has 1 aliphatic carbocycles. The summed E-state index contributed by atoms with van der Waals surface area (Å²) in [6.45, 7) is 0.379. The number of hydrogen-bond acceptors (Lipinski definition) is 4. The van der Waals surface area contributed by atoms with Gasteiger partial charge < -0.3 is 19.2 Å². The zero-order valence-corrected chi connectivity index (χ0v) is 15.6. The number of furan rings is 1. The largest absolute Gasteiger partial charge is 0.493 e. The van der Waals surface area contributed by atoms with Crippen LogP contribution in [0.4, 0.5) is 0 Å². The summed E-state index contributed by atoms with van der Waals surface area (Å²) in [6, 6.07) is 9.94. The molecule has 1 amide bonds. The Morgan fingerprint density at radius 2 is 1.93 bits per heavy atom. The molecule has 3 aromatic rings. The lowest BCUT2D eigenvalue weighted by molar-refractivity contribution is -0.120. The number of nitrogens with one attached hydrogen (secondary N) is 1. The summed E-state index contributed by atoms with van der Waals surface area (Å²) in [6.07, 6.45) is 5.41. The Morgan fingerprint density at radius 1 is 1.11 bits per heavy atom. The van der Waals surface area contributed by atoms with E-state index in [4.69, 9.17) is 13.9 Å². The van der Waals surface area contributed by atoms with Gasteiger partial charge in [-0.15, -0.1) is 0 Å². The molecular formula is C22H23NO4. The molecule has 0 fully saturated rings. The molecule has 5 heteroatoms. The van der Waals surface area contributed by atoms with Gasteiger partial charge in [-0.25, -0.2) is 0 Å². The first kappa shape index (κ1) is 17.5. The van der Waals surface area contributed by atoms with Gasteiger partial charge in [-0.05, 0) is 48.6 Å². The second-order valence-electron chi connectivity index (χ2n) is 6.84. The van der Waals surface area contributed by atoms with Crippen LogP contribution in [0, 0.1) is 0 Å². The summed E-state index contributed by atoms with van der Waals surface area (Å²) in [4.78, 5) is 12.5. The molecule has 0 atom stereocenters. The fourth-order valence-corrected chi connectivity index (χ4v) is 3.81. The Kier molecular flexibility index (Phi) is 4.75. The van der Waals surface area contributed by atoms with Crippen molar-refractivity contribution in [3.05, 3.63) is 58.8 Å². The molecule has 0 unspecified atom stereocenters. The van der Waals surface area contributed by atoms with Crippen LogP contribution in [0.15, 0.2) is 41.0 Å². The van der Waals surface area contributed by atoms with Crippen LogP contribution in [-0.4, -0.2) is 20.1 Å². The zero-order valence-electron chi connectivity index (χ0n) is 15.6. The first-order valence-corrected chi connectivity index (χ1v) is 9.18. The lowest BCUT2D eigenvalue weighted by Gasteiger charge is -2.13. The molecule has 27 heavy (non-hydrogen) atoms. The number of aryl methyl sites for hydroxylation is 2. The standard InChI is InChI=1S/C22H23NO4/c1-25-19-8-4-7-16(22(19)26-2)12-23-21(24)11-17-13-27-20-10-15-6-3-5-14(15)9-18(17)20/h4,7-10,13H,3,5-6,11-12H2,1-2H3,(H,23,24). The third kappa shape index (κ3) is 3.37. The van der Waals surface area contributed by atoms with Crippen LogP contribution in [0.5, 0.6) is 11.5 Å². The van der Waals surface area contributed by atoms with Crippen molar-refractivity contribution in [2.75, 3.05) is 14.2 Å². The predicted octanol–water partition coefficient (Wildman–Crippen LogP) is 3.80. The van der Waals surface area contributed by atoms with Gasteiger partial charge in [0.25, 0.3) is 0 Å². The monoisotopic (exact) mass is 365 g/mol. The second-order valence-corrected chi connectivity index (χ2v) is 6.84. The molecule has 4 rings (SSSR count). The number of carbonyl (C=O) groups excluding carboxylic acids is 1. The fourth-order valence-electron chi connectivity index (χ4n) is 3.81. The van der Waals surface area contributed by atoms with Crippen LogP contribution in [0.2, 0.25) is 0 Å². The van der Waals surface area contributed by atoms with Gasteiger partial charge >= 0.3 is 0 Å². The van der Waals surface area contributed by atoms with Crippen LogP contribution in [-0.2, 0) is 30.6 Å². The van der Waals surface area contributed by atoms with Gasteiger partial charge in [-0.2, -0.15) is 0 Å². The molecule has 5 nitrogen and oxygen atoms in total. The minimum absolute atomic E-state index is 0.0527. The lowest BCUT2D eigenvalue weighted by Crippen LogP contribution is -2.24. The van der Waals surface area contributed by atoms with E-state index in [1.54, 1.807) is 20.5 Å². The van der Waals surface area contributed by atoms with Gasteiger partial charge in [0.2, 0.25) is 5.91 Å². The molecule has 1 aromatic heterocycles. The molecule has 0 spiro atoms. The number of ether oxygens (including phenoxy) is 2. The summed E-state index contributed by atoms with van der Waals surface area (Å²) < 4.78 is 16.4. The number of carbonyl (C=O) groups is 1. The van der Waals surface area contributed by atoms with E-state index in [1.165, 1.54) is 17.5 Å². The average Bonchev–Trinajstić information content (AvgIpc) is 3.30. The van der Waals surface area contributed by atoms with E-state index < -0.39 is 0 Å². The molecule has 1 aliphatic rings. The van der Waals surface area contributed by atoms with E-state index in [0.717, 1.165) is 34.9 Å². The van der Waals surface area contributed by atoms with Crippen molar-refractivity contribution in [1.82, 2.24) is 5.32 Å². The first-order chi connectivity index (χ1) is 13.2. The normalized spacial score (nSPS) is 12.8. The highest BCUT2D eigenvalue weighted by Crippen LogP contribution is 2.31. The third-order valence-electron chi connectivity index (χ3n) is 5.18. The molecule has 0 aliphatic heterocycles. The quantitative estimate of drug-likeness (QED) is 0.722. The Hall–Kier alpha value is -2.95. The smallest absolute Gasteiger partial charge is 0.224 e. The summed E-state index contributed by atoms with van der Waals surface area (Å²) in [5.74, 6) is 1.24. The summed E-state index contributed by atoms with van der Waals surface area (Å²) in [5, 5.41) is 4.01. The zero-order chi connectivity index (χ0) is 18.8. The summed E-state index contributed by atoms with van der Waals surface area (Å²) >= 11 is 0. The summed E-state index contributed by atoms with van der Waals surface area (Å²) in [5.41, 5.74) is 5.42. The van der Waals surface area contributed by atoms with Crippen molar-refractivity contribution in [2.45, 2.75) is 32.2 Å². The number of amides is 1. The van der Waals surface area contributed by atoms with Crippen LogP contribution < -0.4 is 14.8 Å². The van der Waals surface area contributed by atoms with Crippen molar-refractivity contribution >= 4 is 16.9 Å². The maximum absolute atomic E-state index is 12.5. The minimum atomic E-state index is -0.0527. The highest BCUT2D eigenvalue weighted by atomic mass is 16.5. The van der Waals surface area contributed by atoms with E-state index in [9.17, 15) is 4.79 Å². The molecule has 1 heterocycles. The molecule has 0 saturated heterocycles. The second kappa shape index (κ2) is 7.35. The van der Waals surface area contributed by atoms with Crippen molar-refractivity contribution in [2.24, 2.45) is 0 Å². The van der Waals surface area contributed by atoms with Crippen LogP contribution in [0.1, 0.15) is 28.7 Å². The van der Waals surface area contributed by atoms with E-state index in [1.807, 2.05) is 18.2 Å². The minimum Gasteiger partial charge on any atom is -0.493 e. The molecular weight excluding hydrogens is 342 g/mol. The predicted molar refractivity (Wildman–Crippen MR) is 103 cm³/mol. The number of benzene rings is 2. The van der Waals surface area contributed by atoms with Crippen molar-refractivity contribution in [3.8, 4) is 11.5 Å². The van der Waals surface area contributed by atoms with Gasteiger partial charge in [0.05, 0.1) is 26.9 Å². The van der Waals surface area contributed by atoms with E-state index in [2.05, 4.69) is 17.4 Å². The van der Waals surface area contributed by atoms with Crippen LogP contribution in [0.25, 0.3) is 11.0 Å². The molecule has 2 aromatic carbocycles. The van der Waals surface area contributed by atoms with Crippen LogP contribution >= 0.6 is 0 Å². The Labute approximate surface area is 158 Å². The van der Waals surface area contributed by atoms with Gasteiger partial charge in [0.15, 0.2) is 11.5 Å². The highest BCUT2D eigenvalue weighted by molar-refractivity contribution is 5.88. The fraction of sp³-hybridized carbons (Fsp3) is 0.318. The first-order valence-electron chi connectivity index (χ1n) is 9.18. The molecule has 0 saturated carbocycles. The van der Waals surface area contributed by atoms with E-state index in [0.29, 0.717) is 18.0 Å². The lowest BCUT2D eigenvalue weighted by atomic mass is 10.0. The van der Waals surface area contributed by atoms with Gasteiger partial charge in [-0.1, -0.05) is 12.1 Å².